The molecule has 1 aromatic carbocycles. The molecule has 0 aliphatic heterocycles. The van der Waals surface area contributed by atoms with E-state index in [0.29, 0.717) is 6.54 Å². The van der Waals surface area contributed by atoms with Crippen LogP contribution in [0.5, 0.6) is 11.5 Å². The van der Waals surface area contributed by atoms with Gasteiger partial charge in [0.1, 0.15) is 0 Å². The fourth-order valence-corrected chi connectivity index (χ4v) is 1.71. The molecule has 0 radical (unpaired) electrons. The van der Waals surface area contributed by atoms with E-state index in [4.69, 9.17) is 0 Å². The Hall–Kier alpha value is -2.01. The van der Waals surface area contributed by atoms with Crippen molar-refractivity contribution >= 4 is 0 Å². The monoisotopic (exact) mass is 247 g/mol. The Kier molecular flexibility index (Phi) is 4.20. The second-order valence-electron chi connectivity index (χ2n) is 4.12. The highest BCUT2D eigenvalue weighted by molar-refractivity contribution is 5.40. The molecule has 0 aliphatic rings. The second-order valence-corrected chi connectivity index (χ2v) is 4.12. The first-order valence-corrected chi connectivity index (χ1v) is 5.95. The van der Waals surface area contributed by atoms with E-state index < -0.39 is 0 Å². The van der Waals surface area contributed by atoms with Crippen LogP contribution in [-0.2, 0) is 13.1 Å². The number of phenols is 2. The number of phenolic OH excluding ortho intramolecular Hbond substituents is 2. The molecule has 0 saturated heterocycles. The molecular weight excluding hydrogens is 230 g/mol. The molecule has 0 atom stereocenters. The van der Waals surface area contributed by atoms with Gasteiger partial charge < -0.3 is 15.5 Å². The fraction of sp³-hybridized carbons (Fsp3) is 0.308. The maximum Gasteiger partial charge on any atom is 0.157 e. The summed E-state index contributed by atoms with van der Waals surface area (Å²) in [5.41, 5.74) is 0.949. The Morgan fingerprint density at radius 2 is 2.11 bits per heavy atom. The first-order chi connectivity index (χ1) is 8.75. The summed E-state index contributed by atoms with van der Waals surface area (Å²) in [6, 6.07) is 6.76. The highest BCUT2D eigenvalue weighted by atomic mass is 16.3. The van der Waals surface area contributed by atoms with Crippen molar-refractivity contribution < 1.29 is 10.2 Å². The van der Waals surface area contributed by atoms with E-state index in [1.54, 1.807) is 18.3 Å². The van der Waals surface area contributed by atoms with Gasteiger partial charge in [0.2, 0.25) is 0 Å². The van der Waals surface area contributed by atoms with Gasteiger partial charge in [-0.05, 0) is 36.7 Å². The van der Waals surface area contributed by atoms with Gasteiger partial charge in [0.05, 0.1) is 0 Å². The number of hydrogen-bond acceptors (Lipinski definition) is 4. The summed E-state index contributed by atoms with van der Waals surface area (Å²) in [5.74, 6) is -0.164. The SMILES string of the molecule is Oc1ccc(CNCCCn2cccn2)cc1O. The van der Waals surface area contributed by atoms with Crippen LogP contribution < -0.4 is 5.32 Å². The molecule has 0 spiro atoms. The van der Waals surface area contributed by atoms with Crippen molar-refractivity contribution in [3.05, 3.63) is 42.2 Å². The van der Waals surface area contributed by atoms with Crippen LogP contribution in [0.4, 0.5) is 0 Å². The Bertz CT molecular complexity index is 483. The minimum absolute atomic E-state index is 0.0779. The van der Waals surface area contributed by atoms with Crippen LogP contribution in [0.2, 0.25) is 0 Å². The number of aromatic nitrogens is 2. The molecule has 0 bridgehead atoms. The van der Waals surface area contributed by atoms with E-state index in [1.807, 2.05) is 16.9 Å². The molecule has 5 nitrogen and oxygen atoms in total. The zero-order valence-electron chi connectivity index (χ0n) is 10.1. The van der Waals surface area contributed by atoms with E-state index in [9.17, 15) is 10.2 Å². The third kappa shape index (κ3) is 3.49. The third-order valence-corrected chi connectivity index (χ3v) is 2.67. The van der Waals surface area contributed by atoms with E-state index in [2.05, 4.69) is 10.4 Å². The third-order valence-electron chi connectivity index (χ3n) is 2.67. The number of aryl methyl sites for hydroxylation is 1. The number of nitrogens with zero attached hydrogens (tertiary/aromatic N) is 2. The van der Waals surface area contributed by atoms with Crippen molar-refractivity contribution in [2.75, 3.05) is 6.54 Å². The lowest BCUT2D eigenvalue weighted by atomic mass is 10.2. The summed E-state index contributed by atoms with van der Waals surface area (Å²) in [7, 11) is 0. The van der Waals surface area contributed by atoms with Crippen molar-refractivity contribution in [2.24, 2.45) is 0 Å². The zero-order valence-corrected chi connectivity index (χ0v) is 10.1. The van der Waals surface area contributed by atoms with Gasteiger partial charge in [0, 0.05) is 25.5 Å². The van der Waals surface area contributed by atoms with Crippen molar-refractivity contribution in [1.82, 2.24) is 15.1 Å². The van der Waals surface area contributed by atoms with Crippen LogP contribution in [0.1, 0.15) is 12.0 Å². The molecule has 0 unspecified atom stereocenters. The number of benzene rings is 1. The highest BCUT2D eigenvalue weighted by Gasteiger charge is 2.00. The molecule has 1 heterocycles. The summed E-state index contributed by atoms with van der Waals surface area (Å²) in [6.45, 7) is 2.44. The Morgan fingerprint density at radius 3 is 2.83 bits per heavy atom. The van der Waals surface area contributed by atoms with Gasteiger partial charge in [0.15, 0.2) is 11.5 Å². The predicted molar refractivity (Wildman–Crippen MR) is 68.3 cm³/mol. The Balaban J connectivity index is 1.67. The lowest BCUT2D eigenvalue weighted by molar-refractivity contribution is 0.403. The summed E-state index contributed by atoms with van der Waals surface area (Å²) < 4.78 is 1.90. The maximum atomic E-state index is 9.34. The Labute approximate surface area is 106 Å². The highest BCUT2D eigenvalue weighted by Crippen LogP contribution is 2.24. The van der Waals surface area contributed by atoms with Crippen molar-refractivity contribution in [3.63, 3.8) is 0 Å². The van der Waals surface area contributed by atoms with Crippen LogP contribution in [0.15, 0.2) is 36.7 Å². The molecule has 0 amide bonds. The van der Waals surface area contributed by atoms with Crippen LogP contribution >= 0.6 is 0 Å². The molecule has 3 N–H and O–H groups in total. The van der Waals surface area contributed by atoms with Gasteiger partial charge in [-0.3, -0.25) is 4.68 Å². The van der Waals surface area contributed by atoms with Crippen molar-refractivity contribution in [1.29, 1.82) is 0 Å². The summed E-state index contributed by atoms with van der Waals surface area (Å²) in [4.78, 5) is 0. The standard InChI is InChI=1S/C13H17N3O2/c17-12-4-3-11(9-13(12)18)10-14-5-1-7-16-8-2-6-15-16/h2-4,6,8-9,14,17-18H,1,5,7,10H2. The molecule has 0 aliphatic carbocycles. The topological polar surface area (TPSA) is 70.3 Å². The van der Waals surface area contributed by atoms with Crippen LogP contribution in [-0.4, -0.2) is 26.5 Å². The number of rotatable bonds is 6. The van der Waals surface area contributed by atoms with E-state index in [0.717, 1.165) is 25.1 Å². The number of hydrogen-bond donors (Lipinski definition) is 3. The van der Waals surface area contributed by atoms with E-state index in [-0.39, 0.29) is 11.5 Å². The van der Waals surface area contributed by atoms with Gasteiger partial charge in [-0.1, -0.05) is 6.07 Å². The van der Waals surface area contributed by atoms with Gasteiger partial charge in [-0.25, -0.2) is 0 Å². The molecule has 96 valence electrons. The van der Waals surface area contributed by atoms with Gasteiger partial charge >= 0.3 is 0 Å². The quantitative estimate of drug-likeness (QED) is 0.534. The largest absolute Gasteiger partial charge is 0.504 e. The van der Waals surface area contributed by atoms with Crippen molar-refractivity contribution in [2.45, 2.75) is 19.5 Å². The molecule has 0 fully saturated rings. The van der Waals surface area contributed by atoms with Crippen LogP contribution in [0.3, 0.4) is 0 Å². The molecule has 18 heavy (non-hydrogen) atoms. The first-order valence-electron chi connectivity index (χ1n) is 5.95. The summed E-state index contributed by atoms with van der Waals surface area (Å²) in [5, 5.41) is 25.9. The first kappa shape index (κ1) is 12.4. The second kappa shape index (κ2) is 6.07. The van der Waals surface area contributed by atoms with Gasteiger partial charge in [-0.15, -0.1) is 0 Å². The average Bonchev–Trinajstić information content (AvgIpc) is 2.86. The van der Waals surface area contributed by atoms with Crippen LogP contribution in [0.25, 0.3) is 0 Å². The number of nitrogens with one attached hydrogen (secondary N) is 1. The van der Waals surface area contributed by atoms with Crippen LogP contribution in [0, 0.1) is 0 Å². The minimum atomic E-state index is -0.0857. The fourth-order valence-electron chi connectivity index (χ4n) is 1.71. The molecule has 2 rings (SSSR count). The molecule has 0 saturated carbocycles. The molecule has 5 heteroatoms. The summed E-state index contributed by atoms with van der Waals surface area (Å²) >= 11 is 0. The maximum absolute atomic E-state index is 9.34. The predicted octanol–water partition coefficient (Wildman–Crippen LogP) is 1.47. The smallest absolute Gasteiger partial charge is 0.157 e. The Morgan fingerprint density at radius 1 is 1.22 bits per heavy atom. The molecule has 1 aromatic heterocycles. The normalized spacial score (nSPS) is 10.7. The molecule has 2 aromatic rings. The molecular formula is C13H17N3O2. The van der Waals surface area contributed by atoms with E-state index >= 15 is 0 Å². The summed E-state index contributed by atoms with van der Waals surface area (Å²) in [6.07, 6.45) is 4.70. The van der Waals surface area contributed by atoms with E-state index in [1.165, 1.54) is 6.07 Å². The number of aromatic hydroxyl groups is 2. The van der Waals surface area contributed by atoms with Crippen molar-refractivity contribution in [3.8, 4) is 11.5 Å². The van der Waals surface area contributed by atoms with Gasteiger partial charge in [-0.2, -0.15) is 5.10 Å². The average molecular weight is 247 g/mol. The zero-order chi connectivity index (χ0) is 12.8. The van der Waals surface area contributed by atoms with Gasteiger partial charge in [0.25, 0.3) is 0 Å². The lowest BCUT2D eigenvalue weighted by Crippen LogP contribution is -2.16. The minimum Gasteiger partial charge on any atom is -0.504 e. The lowest BCUT2D eigenvalue weighted by Gasteiger charge is -2.06.